The van der Waals surface area contributed by atoms with Gasteiger partial charge in [0.1, 0.15) is 17.4 Å². The second-order valence-corrected chi connectivity index (χ2v) is 6.46. The summed E-state index contributed by atoms with van der Waals surface area (Å²) in [5.74, 6) is 2.58. The molecule has 0 spiro atoms. The third-order valence-corrected chi connectivity index (χ3v) is 4.62. The molecule has 0 aliphatic heterocycles. The van der Waals surface area contributed by atoms with Gasteiger partial charge in [-0.15, -0.1) is 0 Å². The Bertz CT molecular complexity index is 1030. The van der Waals surface area contributed by atoms with Crippen molar-refractivity contribution in [2.24, 2.45) is 5.73 Å². The Labute approximate surface area is 158 Å². The van der Waals surface area contributed by atoms with Crippen molar-refractivity contribution in [2.75, 3.05) is 25.1 Å². The fourth-order valence-corrected chi connectivity index (χ4v) is 3.28. The molecule has 4 aromatic rings. The van der Waals surface area contributed by atoms with Crippen molar-refractivity contribution in [3.05, 3.63) is 60.4 Å². The molecule has 0 aliphatic carbocycles. The molecule has 0 atom stereocenters. The molecule has 0 radical (unpaired) electrons. The SMILES string of the molecule is COc1cc(N(CCCN)Cc2nc3ccccc3[nH]2)nc2ccccc12. The molecule has 27 heavy (non-hydrogen) atoms. The highest BCUT2D eigenvalue weighted by Crippen LogP contribution is 2.29. The van der Waals surface area contributed by atoms with Crippen molar-refractivity contribution < 1.29 is 4.74 Å². The summed E-state index contributed by atoms with van der Waals surface area (Å²) in [5.41, 5.74) is 8.68. The van der Waals surface area contributed by atoms with Crippen LogP contribution >= 0.6 is 0 Å². The summed E-state index contributed by atoms with van der Waals surface area (Å²) >= 11 is 0. The molecule has 3 N–H and O–H groups in total. The largest absolute Gasteiger partial charge is 0.496 e. The van der Waals surface area contributed by atoms with Gasteiger partial charge in [-0.1, -0.05) is 24.3 Å². The molecule has 6 nitrogen and oxygen atoms in total. The number of anilines is 1. The van der Waals surface area contributed by atoms with Crippen LogP contribution in [0.4, 0.5) is 5.82 Å². The highest BCUT2D eigenvalue weighted by atomic mass is 16.5. The minimum atomic E-state index is 0.626. The lowest BCUT2D eigenvalue weighted by Gasteiger charge is -2.23. The van der Waals surface area contributed by atoms with Gasteiger partial charge < -0.3 is 20.4 Å². The van der Waals surface area contributed by atoms with E-state index >= 15 is 0 Å². The van der Waals surface area contributed by atoms with Gasteiger partial charge in [0.25, 0.3) is 0 Å². The van der Waals surface area contributed by atoms with Crippen LogP contribution in [0.15, 0.2) is 54.6 Å². The third-order valence-electron chi connectivity index (χ3n) is 4.62. The summed E-state index contributed by atoms with van der Waals surface area (Å²) < 4.78 is 5.61. The van der Waals surface area contributed by atoms with E-state index in [-0.39, 0.29) is 0 Å². The van der Waals surface area contributed by atoms with E-state index in [0.29, 0.717) is 13.1 Å². The van der Waals surface area contributed by atoms with E-state index in [9.17, 15) is 0 Å². The van der Waals surface area contributed by atoms with Crippen molar-refractivity contribution in [1.82, 2.24) is 15.0 Å². The Morgan fingerprint density at radius 2 is 1.81 bits per heavy atom. The van der Waals surface area contributed by atoms with Gasteiger partial charge in [-0.3, -0.25) is 0 Å². The zero-order valence-electron chi connectivity index (χ0n) is 15.4. The minimum absolute atomic E-state index is 0.626. The molecule has 0 amide bonds. The highest BCUT2D eigenvalue weighted by molar-refractivity contribution is 5.87. The predicted octanol–water partition coefficient (Wildman–Crippen LogP) is 3.48. The van der Waals surface area contributed by atoms with E-state index in [0.717, 1.165) is 52.3 Å². The summed E-state index contributed by atoms with van der Waals surface area (Å²) in [6.07, 6.45) is 0.872. The van der Waals surface area contributed by atoms with E-state index in [2.05, 4.69) is 9.88 Å². The molecule has 0 unspecified atom stereocenters. The Balaban J connectivity index is 1.72. The molecule has 2 aromatic carbocycles. The van der Waals surface area contributed by atoms with Crippen molar-refractivity contribution in [1.29, 1.82) is 0 Å². The van der Waals surface area contributed by atoms with Gasteiger partial charge in [-0.05, 0) is 37.2 Å². The molecule has 138 valence electrons. The lowest BCUT2D eigenvalue weighted by molar-refractivity contribution is 0.419. The van der Waals surface area contributed by atoms with E-state index < -0.39 is 0 Å². The number of methoxy groups -OCH3 is 1. The number of aromatic nitrogens is 3. The van der Waals surface area contributed by atoms with Crippen LogP contribution in [0.5, 0.6) is 5.75 Å². The molecule has 2 heterocycles. The molecule has 0 aliphatic rings. The van der Waals surface area contributed by atoms with Crippen molar-refractivity contribution in [3.63, 3.8) is 0 Å². The van der Waals surface area contributed by atoms with Gasteiger partial charge >= 0.3 is 0 Å². The van der Waals surface area contributed by atoms with Crippen molar-refractivity contribution in [2.45, 2.75) is 13.0 Å². The average molecular weight is 361 g/mol. The molecule has 0 bridgehead atoms. The molecule has 2 aromatic heterocycles. The molecule has 6 heteroatoms. The number of nitrogens with zero attached hydrogens (tertiary/aromatic N) is 3. The molecule has 0 fully saturated rings. The van der Waals surface area contributed by atoms with Crippen LogP contribution in [-0.4, -0.2) is 35.2 Å². The lowest BCUT2D eigenvalue weighted by atomic mass is 10.2. The first-order chi connectivity index (χ1) is 13.3. The van der Waals surface area contributed by atoms with Gasteiger partial charge in [0, 0.05) is 18.0 Å². The molecule has 0 saturated heterocycles. The zero-order chi connectivity index (χ0) is 18.6. The Kier molecular flexibility index (Phi) is 4.89. The number of imidazole rings is 1. The van der Waals surface area contributed by atoms with Gasteiger partial charge in [-0.2, -0.15) is 0 Å². The van der Waals surface area contributed by atoms with Crippen LogP contribution in [0.25, 0.3) is 21.9 Å². The number of nitrogens with one attached hydrogen (secondary N) is 1. The highest BCUT2D eigenvalue weighted by Gasteiger charge is 2.14. The Morgan fingerprint density at radius 3 is 2.59 bits per heavy atom. The van der Waals surface area contributed by atoms with Gasteiger partial charge in [-0.25, -0.2) is 9.97 Å². The van der Waals surface area contributed by atoms with Gasteiger partial charge in [0.15, 0.2) is 0 Å². The van der Waals surface area contributed by atoms with Crippen molar-refractivity contribution >= 4 is 27.8 Å². The number of benzene rings is 2. The topological polar surface area (TPSA) is 80.1 Å². The van der Waals surface area contributed by atoms with E-state index in [1.165, 1.54) is 0 Å². The number of hydrogen-bond acceptors (Lipinski definition) is 5. The maximum Gasteiger partial charge on any atom is 0.133 e. The normalized spacial score (nSPS) is 11.2. The van der Waals surface area contributed by atoms with Crippen LogP contribution in [0.2, 0.25) is 0 Å². The van der Waals surface area contributed by atoms with E-state index in [4.69, 9.17) is 20.4 Å². The number of nitrogens with two attached hydrogens (primary N) is 1. The summed E-state index contributed by atoms with van der Waals surface area (Å²) in [4.78, 5) is 15.1. The summed E-state index contributed by atoms with van der Waals surface area (Å²) in [6, 6.07) is 18.0. The number of hydrogen-bond donors (Lipinski definition) is 2. The van der Waals surface area contributed by atoms with Crippen LogP contribution in [0.1, 0.15) is 12.2 Å². The molecular weight excluding hydrogens is 338 g/mol. The quantitative estimate of drug-likeness (QED) is 0.527. The van der Waals surface area contributed by atoms with Crippen LogP contribution in [0.3, 0.4) is 0 Å². The minimum Gasteiger partial charge on any atom is -0.496 e. The van der Waals surface area contributed by atoms with Crippen LogP contribution < -0.4 is 15.4 Å². The fourth-order valence-electron chi connectivity index (χ4n) is 3.28. The standard InChI is InChI=1S/C21H23N5O/c1-27-19-13-21(25-16-8-3-2-7-15(16)19)26(12-6-11-22)14-20-23-17-9-4-5-10-18(17)24-20/h2-5,7-10,13H,6,11-12,14,22H2,1H3,(H,23,24). The first kappa shape index (κ1) is 17.3. The number of rotatable bonds is 7. The smallest absolute Gasteiger partial charge is 0.133 e. The maximum absolute atomic E-state index is 5.76. The van der Waals surface area contributed by atoms with Crippen LogP contribution in [-0.2, 0) is 6.54 Å². The average Bonchev–Trinajstić information content (AvgIpc) is 3.12. The van der Waals surface area contributed by atoms with Crippen molar-refractivity contribution in [3.8, 4) is 5.75 Å². The summed E-state index contributed by atoms with van der Waals surface area (Å²) in [6.45, 7) is 2.05. The second kappa shape index (κ2) is 7.63. The summed E-state index contributed by atoms with van der Waals surface area (Å²) in [5, 5.41) is 1.01. The van der Waals surface area contributed by atoms with E-state index in [1.807, 2.05) is 54.6 Å². The monoisotopic (exact) mass is 361 g/mol. The molecular formula is C21H23N5O. The zero-order valence-corrected chi connectivity index (χ0v) is 15.4. The number of para-hydroxylation sites is 3. The second-order valence-electron chi connectivity index (χ2n) is 6.46. The Hall–Kier alpha value is -3.12. The van der Waals surface area contributed by atoms with Gasteiger partial charge in [0.05, 0.1) is 30.2 Å². The number of fused-ring (bicyclic) bond motifs is 2. The first-order valence-electron chi connectivity index (χ1n) is 9.11. The number of pyridine rings is 1. The third kappa shape index (κ3) is 3.57. The molecule has 0 saturated carbocycles. The fraction of sp³-hybridized carbons (Fsp3) is 0.238. The maximum atomic E-state index is 5.76. The number of H-pyrrole nitrogens is 1. The number of aromatic amines is 1. The lowest BCUT2D eigenvalue weighted by Crippen LogP contribution is -2.27. The molecule has 4 rings (SSSR count). The number of ether oxygens (including phenoxy) is 1. The predicted molar refractivity (Wildman–Crippen MR) is 109 cm³/mol. The van der Waals surface area contributed by atoms with Crippen LogP contribution in [0, 0.1) is 0 Å². The Morgan fingerprint density at radius 1 is 1.04 bits per heavy atom. The summed E-state index contributed by atoms with van der Waals surface area (Å²) in [7, 11) is 1.69. The van der Waals surface area contributed by atoms with E-state index in [1.54, 1.807) is 7.11 Å². The first-order valence-corrected chi connectivity index (χ1v) is 9.11. The van der Waals surface area contributed by atoms with Gasteiger partial charge in [0.2, 0.25) is 0 Å².